The molecule has 0 spiro atoms. The molecule has 1 saturated heterocycles. The predicted octanol–water partition coefficient (Wildman–Crippen LogP) is 2.77. The zero-order valence-corrected chi connectivity index (χ0v) is 11.8. The molecule has 0 bridgehead atoms. The lowest BCUT2D eigenvalue weighted by Crippen LogP contribution is -2.25. The fraction of sp³-hybridized carbons (Fsp3) is 0.364. The van der Waals surface area contributed by atoms with Gasteiger partial charge in [0.15, 0.2) is 10.3 Å². The minimum Gasteiger partial charge on any atom is -0.308 e. The van der Waals surface area contributed by atoms with Gasteiger partial charge >= 0.3 is 0 Å². The standard InChI is InChI=1S/C11H10Cl2N2O2S/c1-6(16)18-7-4-10(17)15(5-7)8-2-3-9(12)14-11(8)13/h2-3,7H,4-5H2,1H3. The number of hydrogen-bond donors (Lipinski definition) is 0. The molecule has 1 aromatic rings. The Labute approximate surface area is 119 Å². The van der Waals surface area contributed by atoms with Crippen LogP contribution in [-0.4, -0.2) is 27.8 Å². The van der Waals surface area contributed by atoms with E-state index in [4.69, 9.17) is 23.2 Å². The van der Waals surface area contributed by atoms with Gasteiger partial charge in [0.05, 0.1) is 5.69 Å². The topological polar surface area (TPSA) is 50.3 Å². The molecule has 0 N–H and O–H groups in total. The van der Waals surface area contributed by atoms with Crippen molar-refractivity contribution >= 4 is 51.7 Å². The molecule has 1 atom stereocenters. The third-order valence-electron chi connectivity index (χ3n) is 2.51. The van der Waals surface area contributed by atoms with Crippen LogP contribution in [0.25, 0.3) is 0 Å². The zero-order valence-electron chi connectivity index (χ0n) is 9.52. The van der Waals surface area contributed by atoms with E-state index in [-0.39, 0.29) is 26.6 Å². The van der Waals surface area contributed by atoms with E-state index in [1.54, 1.807) is 17.0 Å². The quantitative estimate of drug-likeness (QED) is 0.788. The molecule has 1 aromatic heterocycles. The molecule has 0 radical (unpaired) electrons. The number of amides is 1. The van der Waals surface area contributed by atoms with E-state index in [1.165, 1.54) is 18.7 Å². The van der Waals surface area contributed by atoms with Gasteiger partial charge < -0.3 is 4.90 Å². The molecule has 0 aromatic carbocycles. The molecule has 96 valence electrons. The van der Waals surface area contributed by atoms with Crippen molar-refractivity contribution in [2.24, 2.45) is 0 Å². The Morgan fingerprint density at radius 2 is 2.22 bits per heavy atom. The normalized spacial score (nSPS) is 19.4. The number of carbonyl (C=O) groups is 2. The average molecular weight is 305 g/mol. The summed E-state index contributed by atoms with van der Waals surface area (Å²) in [5, 5.41) is 0.464. The maximum Gasteiger partial charge on any atom is 0.228 e. The predicted molar refractivity (Wildman–Crippen MR) is 73.3 cm³/mol. The van der Waals surface area contributed by atoms with Crippen LogP contribution in [0.2, 0.25) is 10.3 Å². The summed E-state index contributed by atoms with van der Waals surface area (Å²) >= 11 is 12.9. The first kappa shape index (κ1) is 13.6. The Morgan fingerprint density at radius 3 is 2.83 bits per heavy atom. The molecule has 1 aliphatic rings. The Balaban J connectivity index is 2.19. The molecule has 1 fully saturated rings. The average Bonchev–Trinajstić information content (AvgIpc) is 2.58. The number of nitrogens with zero attached hydrogens (tertiary/aromatic N) is 2. The van der Waals surface area contributed by atoms with Crippen LogP contribution in [0.15, 0.2) is 12.1 Å². The second-order valence-corrected chi connectivity index (χ2v) is 6.11. The molecule has 0 aliphatic carbocycles. The number of halogens is 2. The van der Waals surface area contributed by atoms with Crippen molar-refractivity contribution in [1.29, 1.82) is 0 Å². The molecule has 0 saturated carbocycles. The van der Waals surface area contributed by atoms with Crippen molar-refractivity contribution in [3.05, 3.63) is 22.4 Å². The first-order valence-corrected chi connectivity index (χ1v) is 6.90. The highest BCUT2D eigenvalue weighted by Gasteiger charge is 2.33. The highest BCUT2D eigenvalue weighted by molar-refractivity contribution is 8.14. The van der Waals surface area contributed by atoms with Crippen LogP contribution in [0.3, 0.4) is 0 Å². The molecular weight excluding hydrogens is 295 g/mol. The van der Waals surface area contributed by atoms with Crippen LogP contribution >= 0.6 is 35.0 Å². The van der Waals surface area contributed by atoms with Crippen LogP contribution in [0.4, 0.5) is 5.69 Å². The lowest BCUT2D eigenvalue weighted by Gasteiger charge is -2.17. The third-order valence-corrected chi connectivity index (χ3v) is 3.98. The van der Waals surface area contributed by atoms with Crippen molar-refractivity contribution in [2.75, 3.05) is 11.4 Å². The summed E-state index contributed by atoms with van der Waals surface area (Å²) < 4.78 is 0. The highest BCUT2D eigenvalue weighted by atomic mass is 35.5. The van der Waals surface area contributed by atoms with Gasteiger partial charge in [0, 0.05) is 25.1 Å². The third kappa shape index (κ3) is 2.96. The SMILES string of the molecule is CC(=O)SC1CC(=O)N(c2ccc(Cl)nc2Cl)C1. The lowest BCUT2D eigenvalue weighted by atomic mass is 10.4. The van der Waals surface area contributed by atoms with E-state index in [0.717, 1.165) is 0 Å². The summed E-state index contributed by atoms with van der Waals surface area (Å²) in [5.74, 6) is -0.0558. The zero-order chi connectivity index (χ0) is 13.3. The van der Waals surface area contributed by atoms with Crippen LogP contribution in [0.1, 0.15) is 13.3 Å². The second kappa shape index (κ2) is 5.47. The van der Waals surface area contributed by atoms with Crippen LogP contribution in [0, 0.1) is 0 Å². The molecule has 18 heavy (non-hydrogen) atoms. The minimum atomic E-state index is -0.0558. The van der Waals surface area contributed by atoms with E-state index in [1.807, 2.05) is 0 Å². The Kier molecular flexibility index (Phi) is 4.14. The van der Waals surface area contributed by atoms with Gasteiger partial charge in [-0.3, -0.25) is 9.59 Å². The fourth-order valence-corrected chi connectivity index (χ4v) is 3.19. The Bertz CT molecular complexity index is 510. The van der Waals surface area contributed by atoms with Crippen LogP contribution in [0.5, 0.6) is 0 Å². The number of rotatable bonds is 2. The maximum atomic E-state index is 11.9. The van der Waals surface area contributed by atoms with Crippen molar-refractivity contribution in [1.82, 2.24) is 4.98 Å². The lowest BCUT2D eigenvalue weighted by molar-refractivity contribution is -0.117. The fourth-order valence-electron chi connectivity index (χ4n) is 1.83. The van der Waals surface area contributed by atoms with E-state index < -0.39 is 0 Å². The van der Waals surface area contributed by atoms with E-state index in [9.17, 15) is 9.59 Å². The van der Waals surface area contributed by atoms with E-state index in [2.05, 4.69) is 4.98 Å². The summed E-state index contributed by atoms with van der Waals surface area (Å²) in [5.41, 5.74) is 0.540. The molecule has 2 heterocycles. The van der Waals surface area contributed by atoms with Gasteiger partial charge in [-0.2, -0.15) is 0 Å². The van der Waals surface area contributed by atoms with Crippen molar-refractivity contribution in [2.45, 2.75) is 18.6 Å². The van der Waals surface area contributed by atoms with Gasteiger partial charge in [-0.05, 0) is 12.1 Å². The van der Waals surface area contributed by atoms with Gasteiger partial charge in [0.1, 0.15) is 5.15 Å². The van der Waals surface area contributed by atoms with Crippen LogP contribution < -0.4 is 4.90 Å². The molecule has 7 heteroatoms. The summed E-state index contributed by atoms with van der Waals surface area (Å²) in [6.07, 6.45) is 0.337. The Morgan fingerprint density at radius 1 is 1.50 bits per heavy atom. The highest BCUT2D eigenvalue weighted by Crippen LogP contribution is 2.32. The summed E-state index contributed by atoms with van der Waals surface area (Å²) in [6, 6.07) is 3.25. The van der Waals surface area contributed by atoms with Crippen molar-refractivity contribution in [3.63, 3.8) is 0 Å². The van der Waals surface area contributed by atoms with Gasteiger partial charge in [-0.25, -0.2) is 4.98 Å². The second-order valence-electron chi connectivity index (χ2n) is 3.88. The van der Waals surface area contributed by atoms with Crippen molar-refractivity contribution in [3.8, 4) is 0 Å². The van der Waals surface area contributed by atoms with Crippen LogP contribution in [-0.2, 0) is 9.59 Å². The number of carbonyl (C=O) groups excluding carboxylic acids is 2. The number of anilines is 1. The number of hydrogen-bond acceptors (Lipinski definition) is 4. The number of aromatic nitrogens is 1. The van der Waals surface area contributed by atoms with Crippen molar-refractivity contribution < 1.29 is 9.59 Å². The maximum absolute atomic E-state index is 11.9. The molecular formula is C11H10Cl2N2O2S. The minimum absolute atomic E-state index is 0.00924. The number of pyridine rings is 1. The first-order chi connectivity index (χ1) is 8.47. The summed E-state index contributed by atoms with van der Waals surface area (Å²) in [4.78, 5) is 28.4. The first-order valence-electron chi connectivity index (χ1n) is 5.27. The largest absolute Gasteiger partial charge is 0.308 e. The molecule has 1 aliphatic heterocycles. The molecule has 1 unspecified atom stereocenters. The number of thioether (sulfide) groups is 1. The smallest absolute Gasteiger partial charge is 0.228 e. The van der Waals surface area contributed by atoms with Gasteiger partial charge in [0.25, 0.3) is 0 Å². The van der Waals surface area contributed by atoms with Gasteiger partial charge in [0.2, 0.25) is 5.91 Å². The van der Waals surface area contributed by atoms with E-state index >= 15 is 0 Å². The summed E-state index contributed by atoms with van der Waals surface area (Å²) in [7, 11) is 0. The summed E-state index contributed by atoms with van der Waals surface area (Å²) in [6.45, 7) is 1.96. The van der Waals surface area contributed by atoms with Gasteiger partial charge in [-0.15, -0.1) is 0 Å². The molecule has 4 nitrogen and oxygen atoms in total. The molecule has 2 rings (SSSR count). The monoisotopic (exact) mass is 304 g/mol. The van der Waals surface area contributed by atoms with E-state index in [0.29, 0.717) is 18.7 Å². The Hall–Kier alpha value is -0.780. The molecule has 1 amide bonds. The van der Waals surface area contributed by atoms with Gasteiger partial charge in [-0.1, -0.05) is 35.0 Å².